The van der Waals surface area contributed by atoms with Gasteiger partial charge in [0.25, 0.3) is 0 Å². The predicted molar refractivity (Wildman–Crippen MR) is 68.5 cm³/mol. The van der Waals surface area contributed by atoms with Crippen molar-refractivity contribution in [1.29, 1.82) is 0 Å². The Morgan fingerprint density at radius 1 is 1.62 bits per heavy atom. The van der Waals surface area contributed by atoms with Crippen molar-refractivity contribution in [3.8, 4) is 0 Å². The molecule has 3 nitrogen and oxygen atoms in total. The maximum absolute atomic E-state index is 4.79. The van der Waals surface area contributed by atoms with Crippen LogP contribution >= 0.6 is 0 Å². The Balaban J connectivity index is 2.00. The summed E-state index contributed by atoms with van der Waals surface area (Å²) < 4.78 is 0. The number of nitrogens with zero attached hydrogens (tertiary/aromatic N) is 1. The first kappa shape index (κ1) is 11.4. The van der Waals surface area contributed by atoms with E-state index >= 15 is 0 Å². The van der Waals surface area contributed by atoms with Gasteiger partial charge in [-0.1, -0.05) is 19.1 Å². The van der Waals surface area contributed by atoms with Crippen LogP contribution in [-0.4, -0.2) is 25.5 Å². The number of hydrogen-bond donors (Lipinski definition) is 2. The normalized spacial score (nSPS) is 24.5. The molecule has 2 rings (SSSR count). The van der Waals surface area contributed by atoms with Crippen LogP contribution in [0.3, 0.4) is 0 Å². The number of allylic oxidation sites excluding steroid dienone is 2. The van der Waals surface area contributed by atoms with Crippen LogP contribution in [0.25, 0.3) is 0 Å². The summed E-state index contributed by atoms with van der Waals surface area (Å²) in [4.78, 5) is 4.79. The summed E-state index contributed by atoms with van der Waals surface area (Å²) in [5.41, 5.74) is 1.28. The lowest BCUT2D eigenvalue weighted by atomic mass is 10.0. The van der Waals surface area contributed by atoms with E-state index in [1.807, 2.05) is 7.05 Å². The number of hydrogen-bond acceptors (Lipinski definition) is 3. The molecule has 1 aliphatic heterocycles. The maximum atomic E-state index is 4.79. The smallest absolute Gasteiger partial charge is 0.104 e. The van der Waals surface area contributed by atoms with Crippen LogP contribution in [0.1, 0.15) is 26.2 Å². The third kappa shape index (κ3) is 2.35. The second-order valence-corrected chi connectivity index (χ2v) is 4.44. The molecule has 0 saturated carbocycles. The molecule has 0 bridgehead atoms. The summed E-state index contributed by atoms with van der Waals surface area (Å²) in [5, 5.41) is 6.69. The molecule has 0 spiro atoms. The van der Waals surface area contributed by atoms with Gasteiger partial charge in [0.1, 0.15) is 5.84 Å². The number of rotatable bonds is 5. The largest absolute Gasteiger partial charge is 0.345 e. The van der Waals surface area contributed by atoms with Gasteiger partial charge in [-0.3, -0.25) is 4.99 Å². The predicted octanol–water partition coefficient (Wildman–Crippen LogP) is 1.84. The zero-order valence-electron chi connectivity index (χ0n) is 10.2. The second kappa shape index (κ2) is 5.30. The summed E-state index contributed by atoms with van der Waals surface area (Å²) in [6.07, 6.45) is 9.82. The molecule has 2 atom stereocenters. The van der Waals surface area contributed by atoms with Crippen LogP contribution in [0.4, 0.5) is 0 Å². The Kier molecular flexibility index (Phi) is 3.78. The molecule has 1 aliphatic carbocycles. The fourth-order valence-electron chi connectivity index (χ4n) is 2.27. The Bertz CT molecular complexity index is 328. The average Bonchev–Trinajstić information content (AvgIpc) is 2.73. The lowest BCUT2D eigenvalue weighted by molar-refractivity contribution is 0.572. The van der Waals surface area contributed by atoms with Gasteiger partial charge in [-0.25, -0.2) is 0 Å². The van der Waals surface area contributed by atoms with E-state index in [1.165, 1.54) is 11.5 Å². The molecule has 2 unspecified atom stereocenters. The van der Waals surface area contributed by atoms with Crippen molar-refractivity contribution in [2.24, 2.45) is 10.9 Å². The quantitative estimate of drug-likeness (QED) is 0.740. The van der Waals surface area contributed by atoms with Gasteiger partial charge in [0.05, 0.1) is 6.04 Å². The molecule has 2 aliphatic rings. The molecule has 0 amide bonds. The molecule has 88 valence electrons. The van der Waals surface area contributed by atoms with E-state index in [4.69, 9.17) is 4.99 Å². The van der Waals surface area contributed by atoms with E-state index in [-0.39, 0.29) is 0 Å². The zero-order valence-corrected chi connectivity index (χ0v) is 10.2. The Labute approximate surface area is 97.7 Å². The van der Waals surface area contributed by atoms with Crippen molar-refractivity contribution in [3.05, 3.63) is 23.9 Å². The highest BCUT2D eigenvalue weighted by molar-refractivity contribution is 5.89. The first-order valence-corrected chi connectivity index (χ1v) is 6.21. The van der Waals surface area contributed by atoms with Crippen LogP contribution in [0.2, 0.25) is 0 Å². The SMILES string of the molecule is CCC(CCNC)C1=NC2CC=CC=C2N1. The van der Waals surface area contributed by atoms with Crippen LogP contribution in [0.15, 0.2) is 28.9 Å². The van der Waals surface area contributed by atoms with Crippen LogP contribution < -0.4 is 10.6 Å². The van der Waals surface area contributed by atoms with E-state index in [2.05, 4.69) is 35.8 Å². The van der Waals surface area contributed by atoms with Crippen molar-refractivity contribution < 1.29 is 0 Å². The molecule has 16 heavy (non-hydrogen) atoms. The van der Waals surface area contributed by atoms with E-state index in [9.17, 15) is 0 Å². The molecular formula is C13H21N3. The minimum Gasteiger partial charge on any atom is -0.345 e. The number of amidine groups is 1. The monoisotopic (exact) mass is 219 g/mol. The summed E-state index contributed by atoms with van der Waals surface area (Å²) in [6.45, 7) is 3.29. The molecule has 0 aromatic rings. The van der Waals surface area contributed by atoms with E-state index in [0.717, 1.165) is 25.8 Å². The van der Waals surface area contributed by atoms with Gasteiger partial charge in [0.2, 0.25) is 0 Å². The Morgan fingerprint density at radius 2 is 2.50 bits per heavy atom. The second-order valence-electron chi connectivity index (χ2n) is 4.44. The van der Waals surface area contributed by atoms with Gasteiger partial charge in [0, 0.05) is 11.6 Å². The third-order valence-electron chi connectivity index (χ3n) is 3.32. The number of fused-ring (bicyclic) bond motifs is 1. The molecule has 0 aromatic heterocycles. The molecular weight excluding hydrogens is 198 g/mol. The third-order valence-corrected chi connectivity index (χ3v) is 3.32. The first-order valence-electron chi connectivity index (χ1n) is 6.21. The molecule has 0 radical (unpaired) electrons. The minimum atomic E-state index is 0.364. The van der Waals surface area contributed by atoms with Crippen molar-refractivity contribution >= 4 is 5.84 Å². The van der Waals surface area contributed by atoms with E-state index in [1.54, 1.807) is 0 Å². The summed E-state index contributed by atoms with van der Waals surface area (Å²) in [6, 6.07) is 0.364. The lowest BCUT2D eigenvalue weighted by Gasteiger charge is -2.15. The van der Waals surface area contributed by atoms with Crippen LogP contribution in [0.5, 0.6) is 0 Å². The van der Waals surface area contributed by atoms with Crippen molar-refractivity contribution in [3.63, 3.8) is 0 Å². The fourth-order valence-corrected chi connectivity index (χ4v) is 2.27. The van der Waals surface area contributed by atoms with Crippen molar-refractivity contribution in [2.45, 2.75) is 32.2 Å². The van der Waals surface area contributed by atoms with Crippen molar-refractivity contribution in [1.82, 2.24) is 10.6 Å². The summed E-state index contributed by atoms with van der Waals surface area (Å²) in [5.74, 6) is 1.76. The van der Waals surface area contributed by atoms with E-state index in [0.29, 0.717) is 12.0 Å². The van der Waals surface area contributed by atoms with Gasteiger partial charge < -0.3 is 10.6 Å². The maximum Gasteiger partial charge on any atom is 0.104 e. The highest BCUT2D eigenvalue weighted by Gasteiger charge is 2.26. The van der Waals surface area contributed by atoms with Gasteiger partial charge >= 0.3 is 0 Å². The highest BCUT2D eigenvalue weighted by atomic mass is 15.1. The molecule has 0 aromatic carbocycles. The fraction of sp³-hybridized carbons (Fsp3) is 0.615. The number of aliphatic imine (C=N–C) groups is 1. The zero-order chi connectivity index (χ0) is 11.4. The van der Waals surface area contributed by atoms with Gasteiger partial charge in [-0.2, -0.15) is 0 Å². The van der Waals surface area contributed by atoms with Gasteiger partial charge in [0.15, 0.2) is 0 Å². The lowest BCUT2D eigenvalue weighted by Crippen LogP contribution is -2.28. The van der Waals surface area contributed by atoms with Gasteiger partial charge in [-0.15, -0.1) is 0 Å². The molecule has 2 N–H and O–H groups in total. The molecule has 0 saturated heterocycles. The molecule has 0 fully saturated rings. The Morgan fingerprint density at radius 3 is 3.19 bits per heavy atom. The van der Waals surface area contributed by atoms with Crippen LogP contribution in [-0.2, 0) is 0 Å². The van der Waals surface area contributed by atoms with Crippen molar-refractivity contribution in [2.75, 3.05) is 13.6 Å². The summed E-state index contributed by atoms with van der Waals surface area (Å²) in [7, 11) is 2.00. The molecule has 3 heteroatoms. The molecule has 1 heterocycles. The number of nitrogens with one attached hydrogen (secondary N) is 2. The minimum absolute atomic E-state index is 0.364. The van der Waals surface area contributed by atoms with E-state index < -0.39 is 0 Å². The average molecular weight is 219 g/mol. The highest BCUT2D eigenvalue weighted by Crippen LogP contribution is 2.23. The topological polar surface area (TPSA) is 36.4 Å². The first-order chi connectivity index (χ1) is 7.85. The Hall–Kier alpha value is -1.09. The van der Waals surface area contributed by atoms with Gasteiger partial charge in [-0.05, 0) is 38.9 Å². The van der Waals surface area contributed by atoms with Crippen LogP contribution in [0, 0.1) is 5.92 Å². The summed E-state index contributed by atoms with van der Waals surface area (Å²) >= 11 is 0. The standard InChI is InChI=1S/C13H21N3/c1-3-10(8-9-14-2)13-15-11-6-4-5-7-12(11)16-13/h4-6,10,12,14H,3,7-9H2,1-2H3,(H,15,16).